The maximum atomic E-state index is 13.6. The number of halogens is 1. The van der Waals surface area contributed by atoms with Crippen LogP contribution in [0.5, 0.6) is 0 Å². The Kier molecular flexibility index (Phi) is 6.95. The Morgan fingerprint density at radius 2 is 1.63 bits per heavy atom. The molecular weight excluding hydrogens is 458 g/mol. The third-order valence-corrected chi connectivity index (χ3v) is 7.19. The number of rotatable bonds is 8. The van der Waals surface area contributed by atoms with Crippen molar-refractivity contribution in [3.63, 3.8) is 0 Å². The highest BCUT2D eigenvalue weighted by Crippen LogP contribution is 2.34. The van der Waals surface area contributed by atoms with E-state index in [0.29, 0.717) is 18.7 Å². The lowest BCUT2D eigenvalue weighted by molar-refractivity contribution is 0.591. The summed E-state index contributed by atoms with van der Waals surface area (Å²) in [5.41, 5.74) is 4.09. The van der Waals surface area contributed by atoms with Gasteiger partial charge in [-0.15, -0.1) is 6.58 Å². The molecule has 0 saturated carbocycles. The van der Waals surface area contributed by atoms with E-state index >= 15 is 0 Å². The lowest BCUT2D eigenvalue weighted by Crippen LogP contribution is -2.32. The van der Waals surface area contributed by atoms with Crippen molar-refractivity contribution in [1.29, 1.82) is 0 Å². The zero-order valence-corrected chi connectivity index (χ0v) is 19.3. The Morgan fingerprint density at radius 1 is 1.00 bits per heavy atom. The van der Waals surface area contributed by atoms with Gasteiger partial charge in [0.25, 0.3) is 10.0 Å². The molecule has 154 valence electrons. The summed E-state index contributed by atoms with van der Waals surface area (Å²) in [5, 5.41) is 0. The average Bonchev–Trinajstić information content (AvgIpc) is 2.74. The number of anilines is 1. The number of para-hydroxylation sites is 1. The molecule has 0 amide bonds. The minimum absolute atomic E-state index is 0.265. The van der Waals surface area contributed by atoms with E-state index in [0.717, 1.165) is 26.7 Å². The van der Waals surface area contributed by atoms with E-state index in [4.69, 9.17) is 0 Å². The Balaban J connectivity index is 2.11. The Labute approximate surface area is 187 Å². The number of sulfonamides is 1. The van der Waals surface area contributed by atoms with Gasteiger partial charge in [0.15, 0.2) is 0 Å². The van der Waals surface area contributed by atoms with Crippen LogP contribution in [-0.2, 0) is 10.0 Å². The zero-order chi connectivity index (χ0) is 21.7. The molecule has 0 N–H and O–H groups in total. The first-order chi connectivity index (χ1) is 14.3. The summed E-state index contributed by atoms with van der Waals surface area (Å²) in [6, 6.07) is 22.2. The highest BCUT2D eigenvalue weighted by Gasteiger charge is 2.26. The summed E-state index contributed by atoms with van der Waals surface area (Å²) in [7, 11) is -3.75. The summed E-state index contributed by atoms with van der Waals surface area (Å²) in [5.74, 6) is 0. The van der Waals surface area contributed by atoms with Gasteiger partial charge in [0, 0.05) is 16.6 Å². The van der Waals surface area contributed by atoms with E-state index in [-0.39, 0.29) is 4.90 Å². The first kappa shape index (κ1) is 22.1. The molecular formula is C25H24BrNO2S. The molecule has 3 aromatic rings. The van der Waals surface area contributed by atoms with Crippen LogP contribution in [0.2, 0.25) is 0 Å². The quantitative estimate of drug-likeness (QED) is 0.340. The minimum atomic E-state index is -3.75. The SMILES string of the molecule is C=CCCN(c1ccccc1C(=C)c1ccc(Br)cc1)S(=O)(=O)c1ccc(C)cc1. The molecule has 3 aromatic carbocycles. The molecule has 0 radical (unpaired) electrons. The van der Waals surface area contributed by atoms with Crippen LogP contribution >= 0.6 is 15.9 Å². The van der Waals surface area contributed by atoms with E-state index in [9.17, 15) is 8.42 Å². The van der Waals surface area contributed by atoms with Gasteiger partial charge < -0.3 is 0 Å². The number of hydrogen-bond donors (Lipinski definition) is 0. The fourth-order valence-electron chi connectivity index (χ4n) is 3.17. The van der Waals surface area contributed by atoms with Crippen molar-refractivity contribution >= 4 is 37.2 Å². The standard InChI is InChI=1S/C25H24BrNO2S/c1-4-5-18-27(30(28,29)23-16-10-19(2)11-17-23)25-9-7-6-8-24(25)20(3)21-12-14-22(26)15-13-21/h4,6-17H,1,3,5,18H2,2H3. The average molecular weight is 482 g/mol. The van der Waals surface area contributed by atoms with Gasteiger partial charge in [0.05, 0.1) is 10.6 Å². The lowest BCUT2D eigenvalue weighted by Gasteiger charge is -2.27. The highest BCUT2D eigenvalue weighted by molar-refractivity contribution is 9.10. The van der Waals surface area contributed by atoms with Crippen molar-refractivity contribution in [2.75, 3.05) is 10.8 Å². The second-order valence-electron chi connectivity index (χ2n) is 6.97. The molecule has 3 rings (SSSR count). The number of nitrogens with zero attached hydrogens (tertiary/aromatic N) is 1. The summed E-state index contributed by atoms with van der Waals surface area (Å²) >= 11 is 3.45. The molecule has 0 saturated heterocycles. The van der Waals surface area contributed by atoms with Crippen molar-refractivity contribution in [1.82, 2.24) is 0 Å². The van der Waals surface area contributed by atoms with E-state index in [1.54, 1.807) is 18.2 Å². The fraction of sp³-hybridized carbons (Fsp3) is 0.120. The van der Waals surface area contributed by atoms with Crippen LogP contribution in [0.1, 0.15) is 23.1 Å². The van der Waals surface area contributed by atoms with Gasteiger partial charge in [-0.2, -0.15) is 0 Å². The first-order valence-corrected chi connectivity index (χ1v) is 11.8. The molecule has 5 heteroatoms. The molecule has 0 bridgehead atoms. The largest absolute Gasteiger partial charge is 0.265 e. The van der Waals surface area contributed by atoms with Gasteiger partial charge in [-0.3, -0.25) is 4.31 Å². The maximum absolute atomic E-state index is 13.6. The second-order valence-corrected chi connectivity index (χ2v) is 9.75. The van der Waals surface area contributed by atoms with E-state index in [2.05, 4.69) is 29.1 Å². The summed E-state index contributed by atoms with van der Waals surface area (Å²) < 4.78 is 29.6. The third-order valence-electron chi connectivity index (χ3n) is 4.84. The van der Waals surface area contributed by atoms with Crippen LogP contribution in [0.15, 0.2) is 101 Å². The van der Waals surface area contributed by atoms with Gasteiger partial charge in [-0.25, -0.2) is 8.42 Å². The van der Waals surface area contributed by atoms with E-state index < -0.39 is 10.0 Å². The van der Waals surface area contributed by atoms with Gasteiger partial charge >= 0.3 is 0 Å². The molecule has 0 fully saturated rings. The fourth-order valence-corrected chi connectivity index (χ4v) is 4.93. The van der Waals surface area contributed by atoms with Crippen LogP contribution in [0.25, 0.3) is 5.57 Å². The molecule has 0 heterocycles. The monoisotopic (exact) mass is 481 g/mol. The molecule has 30 heavy (non-hydrogen) atoms. The van der Waals surface area contributed by atoms with Crippen molar-refractivity contribution in [2.45, 2.75) is 18.2 Å². The first-order valence-electron chi connectivity index (χ1n) is 9.59. The van der Waals surface area contributed by atoms with Crippen LogP contribution in [0.3, 0.4) is 0 Å². The van der Waals surface area contributed by atoms with E-state index in [1.165, 1.54) is 4.31 Å². The Hall–Kier alpha value is -2.63. The van der Waals surface area contributed by atoms with Gasteiger partial charge in [-0.05, 0) is 54.8 Å². The van der Waals surface area contributed by atoms with Crippen LogP contribution in [0, 0.1) is 6.92 Å². The zero-order valence-electron chi connectivity index (χ0n) is 16.9. The predicted molar refractivity (Wildman–Crippen MR) is 129 cm³/mol. The molecule has 0 aliphatic rings. The summed E-state index contributed by atoms with van der Waals surface area (Å²) in [6.45, 7) is 10.3. The van der Waals surface area contributed by atoms with Crippen molar-refractivity contribution in [3.05, 3.63) is 113 Å². The van der Waals surface area contributed by atoms with Crippen molar-refractivity contribution < 1.29 is 8.42 Å². The van der Waals surface area contributed by atoms with Crippen LogP contribution in [0.4, 0.5) is 5.69 Å². The molecule has 0 spiro atoms. The smallest absolute Gasteiger partial charge is 0.264 e. The van der Waals surface area contributed by atoms with Gasteiger partial charge in [-0.1, -0.05) is 76.6 Å². The molecule has 0 unspecified atom stereocenters. The molecule has 0 aliphatic carbocycles. The van der Waals surface area contributed by atoms with Crippen molar-refractivity contribution in [3.8, 4) is 0 Å². The lowest BCUT2D eigenvalue weighted by atomic mass is 9.98. The Morgan fingerprint density at radius 3 is 2.27 bits per heavy atom. The van der Waals surface area contributed by atoms with E-state index in [1.807, 2.05) is 67.6 Å². The number of hydrogen-bond acceptors (Lipinski definition) is 2. The maximum Gasteiger partial charge on any atom is 0.264 e. The Bertz CT molecular complexity index is 1150. The van der Waals surface area contributed by atoms with Gasteiger partial charge in [0.2, 0.25) is 0 Å². The topological polar surface area (TPSA) is 37.4 Å². The number of benzene rings is 3. The molecule has 0 aromatic heterocycles. The van der Waals surface area contributed by atoms with Crippen molar-refractivity contribution in [2.24, 2.45) is 0 Å². The molecule has 0 atom stereocenters. The van der Waals surface area contributed by atoms with Crippen LogP contribution in [-0.4, -0.2) is 15.0 Å². The van der Waals surface area contributed by atoms with Crippen LogP contribution < -0.4 is 4.31 Å². The molecule has 3 nitrogen and oxygen atoms in total. The molecule has 0 aliphatic heterocycles. The summed E-state index contributed by atoms with van der Waals surface area (Å²) in [4.78, 5) is 0.265. The number of aryl methyl sites for hydroxylation is 1. The third kappa shape index (κ3) is 4.74. The normalized spacial score (nSPS) is 11.1. The highest BCUT2D eigenvalue weighted by atomic mass is 79.9. The summed E-state index contributed by atoms with van der Waals surface area (Å²) in [6.07, 6.45) is 2.26. The predicted octanol–water partition coefficient (Wildman–Crippen LogP) is 6.59. The minimum Gasteiger partial charge on any atom is -0.265 e. The second kappa shape index (κ2) is 9.45. The van der Waals surface area contributed by atoms with Gasteiger partial charge in [0.1, 0.15) is 0 Å².